The summed E-state index contributed by atoms with van der Waals surface area (Å²) in [4.78, 5) is 10.8. The number of halogens is 2. The molecule has 0 aliphatic heterocycles. The lowest BCUT2D eigenvalue weighted by molar-refractivity contribution is -0.114. The number of aryl methyl sites for hydroxylation is 1. The maximum absolute atomic E-state index is 10.8. The first-order valence-electron chi connectivity index (χ1n) is 3.12. The molecule has 0 fully saturated rings. The fraction of sp³-hybridized carbons (Fsp3) is 0.333. The Bertz CT molecular complexity index is 300. The zero-order chi connectivity index (χ0) is 9.14. The molecule has 1 N–H and O–H groups in total. The lowest BCUT2D eigenvalue weighted by atomic mass is 10.5. The molecular weight excluding hydrogens is 247 g/mol. The minimum absolute atomic E-state index is 0.105. The number of aromatic nitrogens is 1. The van der Waals surface area contributed by atoms with E-state index in [4.69, 9.17) is 16.1 Å². The number of hydrogen-bond donors (Lipinski definition) is 1. The van der Waals surface area contributed by atoms with Crippen LogP contribution in [0.5, 0.6) is 0 Å². The highest BCUT2D eigenvalue weighted by Gasteiger charge is 2.11. The van der Waals surface area contributed by atoms with E-state index in [1.807, 2.05) is 0 Å². The van der Waals surface area contributed by atoms with Crippen molar-refractivity contribution >= 4 is 39.3 Å². The summed E-state index contributed by atoms with van der Waals surface area (Å²) in [5, 5.41) is 6.06. The first-order chi connectivity index (χ1) is 5.65. The van der Waals surface area contributed by atoms with Gasteiger partial charge in [0.25, 0.3) is 0 Å². The van der Waals surface area contributed by atoms with E-state index in [2.05, 4.69) is 26.4 Å². The van der Waals surface area contributed by atoms with Gasteiger partial charge >= 0.3 is 0 Å². The van der Waals surface area contributed by atoms with Crippen LogP contribution in [-0.4, -0.2) is 16.9 Å². The maximum atomic E-state index is 10.8. The molecule has 6 heteroatoms. The summed E-state index contributed by atoms with van der Waals surface area (Å²) in [5.74, 6) is -0.140. The molecule has 0 saturated heterocycles. The van der Waals surface area contributed by atoms with Gasteiger partial charge in [0.2, 0.25) is 11.8 Å². The molecule has 0 aromatic carbocycles. The molecule has 1 heterocycles. The molecule has 0 saturated carbocycles. The summed E-state index contributed by atoms with van der Waals surface area (Å²) in [6.07, 6.45) is 0. The molecule has 0 spiro atoms. The molecular formula is C6H6BrClN2O2. The van der Waals surface area contributed by atoms with E-state index in [0.717, 1.165) is 0 Å². The molecule has 1 aromatic rings. The third-order valence-corrected chi connectivity index (χ3v) is 2.34. The third kappa shape index (κ3) is 1.98. The first-order valence-corrected chi connectivity index (χ1v) is 4.45. The molecule has 1 rings (SSSR count). The van der Waals surface area contributed by atoms with Crippen LogP contribution < -0.4 is 5.32 Å². The topological polar surface area (TPSA) is 55.1 Å². The predicted molar refractivity (Wildman–Crippen MR) is 48.3 cm³/mol. The van der Waals surface area contributed by atoms with Crippen molar-refractivity contribution in [3.05, 3.63) is 10.2 Å². The predicted octanol–water partition coefficient (Wildman–Crippen LogP) is 1.92. The van der Waals surface area contributed by atoms with Gasteiger partial charge in [-0.25, -0.2) is 0 Å². The number of amides is 1. The molecule has 0 aliphatic rings. The number of nitrogens with one attached hydrogen (secondary N) is 1. The molecule has 0 unspecified atom stereocenters. The number of anilines is 1. The average Bonchev–Trinajstić information content (AvgIpc) is 2.36. The van der Waals surface area contributed by atoms with Gasteiger partial charge in [0.15, 0.2) is 0 Å². The normalized spacial score (nSPS) is 9.92. The van der Waals surface area contributed by atoms with Crippen molar-refractivity contribution in [2.24, 2.45) is 0 Å². The largest absolute Gasteiger partial charge is 0.337 e. The SMILES string of the molecule is Cc1noc(NC(=O)CCl)c1Br. The van der Waals surface area contributed by atoms with Gasteiger partial charge in [-0.1, -0.05) is 5.16 Å². The Hall–Kier alpha value is -0.550. The van der Waals surface area contributed by atoms with Gasteiger partial charge in [0, 0.05) is 0 Å². The van der Waals surface area contributed by atoms with Crippen LogP contribution in [0.15, 0.2) is 9.00 Å². The van der Waals surface area contributed by atoms with Gasteiger partial charge in [0.05, 0.1) is 5.69 Å². The number of hydrogen-bond acceptors (Lipinski definition) is 3. The fourth-order valence-corrected chi connectivity index (χ4v) is 0.907. The van der Waals surface area contributed by atoms with Crippen LogP contribution >= 0.6 is 27.5 Å². The first kappa shape index (κ1) is 9.54. The number of nitrogens with zero attached hydrogens (tertiary/aromatic N) is 1. The third-order valence-electron chi connectivity index (χ3n) is 1.17. The Balaban J connectivity index is 2.76. The van der Waals surface area contributed by atoms with Gasteiger partial charge in [-0.05, 0) is 22.9 Å². The number of carbonyl (C=O) groups excluding carboxylic acids is 1. The highest BCUT2D eigenvalue weighted by Crippen LogP contribution is 2.25. The molecule has 0 atom stereocenters. The van der Waals surface area contributed by atoms with Crippen LogP contribution in [0.25, 0.3) is 0 Å². The summed E-state index contributed by atoms with van der Waals surface area (Å²) in [7, 11) is 0. The molecule has 0 radical (unpaired) electrons. The van der Waals surface area contributed by atoms with Crippen LogP contribution in [0.4, 0.5) is 5.88 Å². The Morgan fingerprint density at radius 1 is 1.83 bits per heavy atom. The Labute approximate surface area is 82.4 Å². The second-order valence-corrected chi connectivity index (χ2v) is 3.15. The fourth-order valence-electron chi connectivity index (χ4n) is 0.596. The van der Waals surface area contributed by atoms with Crippen LogP contribution in [0.3, 0.4) is 0 Å². The molecule has 0 aliphatic carbocycles. The zero-order valence-electron chi connectivity index (χ0n) is 6.23. The quantitative estimate of drug-likeness (QED) is 0.819. The number of carbonyl (C=O) groups is 1. The highest BCUT2D eigenvalue weighted by molar-refractivity contribution is 9.10. The van der Waals surface area contributed by atoms with Crippen molar-refractivity contribution in [3.63, 3.8) is 0 Å². The van der Waals surface area contributed by atoms with E-state index in [0.29, 0.717) is 10.2 Å². The van der Waals surface area contributed by atoms with Gasteiger partial charge in [-0.3, -0.25) is 10.1 Å². The summed E-state index contributed by atoms with van der Waals surface area (Å²) >= 11 is 8.47. The minimum Gasteiger partial charge on any atom is -0.337 e. The Kier molecular flexibility index (Phi) is 3.11. The van der Waals surface area contributed by atoms with E-state index in [-0.39, 0.29) is 17.7 Å². The summed E-state index contributed by atoms with van der Waals surface area (Å²) in [6.45, 7) is 1.75. The van der Waals surface area contributed by atoms with E-state index in [9.17, 15) is 4.79 Å². The van der Waals surface area contributed by atoms with E-state index in [1.54, 1.807) is 6.92 Å². The molecule has 1 aromatic heterocycles. The molecule has 1 amide bonds. The summed E-state index contributed by atoms with van der Waals surface area (Å²) in [6, 6.07) is 0. The van der Waals surface area contributed by atoms with Gasteiger partial charge in [0.1, 0.15) is 10.4 Å². The van der Waals surface area contributed by atoms with Crippen molar-refractivity contribution < 1.29 is 9.32 Å². The summed E-state index contributed by atoms with van der Waals surface area (Å²) in [5.41, 5.74) is 0.680. The second kappa shape index (κ2) is 3.91. The minimum atomic E-state index is -0.325. The van der Waals surface area contributed by atoms with Crippen LogP contribution in [0.2, 0.25) is 0 Å². The standard InChI is InChI=1S/C6H6BrClN2O2/c1-3-5(7)6(12-10-3)9-4(11)2-8/h2H2,1H3,(H,9,11). The Morgan fingerprint density at radius 3 is 2.92 bits per heavy atom. The van der Waals surface area contributed by atoms with Crippen molar-refractivity contribution in [2.75, 3.05) is 11.2 Å². The molecule has 12 heavy (non-hydrogen) atoms. The van der Waals surface area contributed by atoms with E-state index < -0.39 is 0 Å². The van der Waals surface area contributed by atoms with Crippen LogP contribution in [-0.2, 0) is 4.79 Å². The molecule has 0 bridgehead atoms. The summed E-state index contributed by atoms with van der Waals surface area (Å²) < 4.78 is 5.42. The highest BCUT2D eigenvalue weighted by atomic mass is 79.9. The van der Waals surface area contributed by atoms with Crippen molar-refractivity contribution in [3.8, 4) is 0 Å². The second-order valence-electron chi connectivity index (χ2n) is 2.09. The van der Waals surface area contributed by atoms with Crippen molar-refractivity contribution in [1.82, 2.24) is 5.16 Å². The van der Waals surface area contributed by atoms with Gasteiger partial charge in [-0.15, -0.1) is 11.6 Å². The number of alkyl halides is 1. The van der Waals surface area contributed by atoms with Crippen molar-refractivity contribution in [1.29, 1.82) is 0 Å². The lowest BCUT2D eigenvalue weighted by Gasteiger charge is -1.95. The maximum Gasteiger partial charge on any atom is 0.245 e. The zero-order valence-corrected chi connectivity index (χ0v) is 8.57. The lowest BCUT2D eigenvalue weighted by Crippen LogP contribution is -2.12. The van der Waals surface area contributed by atoms with Crippen molar-refractivity contribution in [2.45, 2.75) is 6.92 Å². The van der Waals surface area contributed by atoms with Crippen LogP contribution in [0.1, 0.15) is 5.69 Å². The smallest absolute Gasteiger partial charge is 0.245 e. The molecule has 66 valence electrons. The average molecular weight is 253 g/mol. The molecule has 4 nitrogen and oxygen atoms in total. The monoisotopic (exact) mass is 252 g/mol. The number of rotatable bonds is 2. The van der Waals surface area contributed by atoms with Gasteiger partial charge < -0.3 is 4.52 Å². The van der Waals surface area contributed by atoms with Gasteiger partial charge in [-0.2, -0.15) is 0 Å². The van der Waals surface area contributed by atoms with E-state index in [1.165, 1.54) is 0 Å². The van der Waals surface area contributed by atoms with Crippen LogP contribution in [0, 0.1) is 6.92 Å². The van der Waals surface area contributed by atoms with E-state index >= 15 is 0 Å². The Morgan fingerprint density at radius 2 is 2.50 bits per heavy atom.